The van der Waals surface area contributed by atoms with Crippen LogP contribution in [-0.4, -0.2) is 39.7 Å². The van der Waals surface area contributed by atoms with E-state index in [1.165, 1.54) is 0 Å². The lowest BCUT2D eigenvalue weighted by molar-refractivity contribution is 0.222. The molecule has 19 heavy (non-hydrogen) atoms. The number of nitrogens with one attached hydrogen (secondary N) is 1. The number of fused-ring (bicyclic) bond motifs is 1. The van der Waals surface area contributed by atoms with E-state index in [9.17, 15) is 0 Å². The van der Waals surface area contributed by atoms with Crippen molar-refractivity contribution in [2.45, 2.75) is 19.9 Å². The summed E-state index contributed by atoms with van der Waals surface area (Å²) in [6, 6.07) is 1.96. The zero-order valence-corrected chi connectivity index (χ0v) is 11.8. The van der Waals surface area contributed by atoms with Crippen LogP contribution in [0.3, 0.4) is 0 Å². The van der Waals surface area contributed by atoms with Crippen molar-refractivity contribution in [3.05, 3.63) is 17.3 Å². The first-order valence-electron chi connectivity index (χ1n) is 6.32. The van der Waals surface area contributed by atoms with Crippen LogP contribution in [0.5, 0.6) is 0 Å². The molecule has 7 heteroatoms. The molecule has 0 fully saturated rings. The van der Waals surface area contributed by atoms with Gasteiger partial charge in [-0.25, -0.2) is 15.8 Å². The third-order valence-electron chi connectivity index (χ3n) is 2.95. The molecule has 0 amide bonds. The number of anilines is 1. The summed E-state index contributed by atoms with van der Waals surface area (Å²) in [5, 5.41) is 11.8. The molecule has 0 spiro atoms. The highest BCUT2D eigenvalue weighted by atomic mass is 32.1. The maximum atomic E-state index is 8.89. The fourth-order valence-electron chi connectivity index (χ4n) is 1.92. The van der Waals surface area contributed by atoms with Gasteiger partial charge >= 0.3 is 0 Å². The Hall–Kier alpha value is -1.28. The fraction of sp³-hybridized carbons (Fsp3) is 0.500. The number of nitrogens with two attached hydrogens (primary N) is 1. The number of hydrogen-bond acceptors (Lipinski definition) is 7. The number of rotatable bonds is 7. The lowest BCUT2D eigenvalue weighted by Crippen LogP contribution is -2.26. The molecule has 0 unspecified atom stereocenters. The van der Waals surface area contributed by atoms with Crippen LogP contribution < -0.4 is 11.3 Å². The van der Waals surface area contributed by atoms with Gasteiger partial charge in [-0.3, -0.25) is 4.90 Å². The average Bonchev–Trinajstić information content (AvgIpc) is 2.90. The van der Waals surface area contributed by atoms with Gasteiger partial charge in [0.15, 0.2) is 5.82 Å². The first-order valence-corrected chi connectivity index (χ1v) is 7.20. The molecule has 2 aromatic heterocycles. The van der Waals surface area contributed by atoms with E-state index in [1.54, 1.807) is 11.3 Å². The van der Waals surface area contributed by atoms with E-state index < -0.39 is 0 Å². The van der Waals surface area contributed by atoms with Gasteiger partial charge in [0, 0.05) is 13.2 Å². The molecule has 0 saturated carbocycles. The van der Waals surface area contributed by atoms with Gasteiger partial charge in [0.2, 0.25) is 0 Å². The summed E-state index contributed by atoms with van der Waals surface area (Å²) >= 11 is 1.58. The minimum absolute atomic E-state index is 0.205. The highest BCUT2D eigenvalue weighted by Crippen LogP contribution is 2.24. The summed E-state index contributed by atoms with van der Waals surface area (Å²) in [4.78, 5) is 12.1. The lowest BCUT2D eigenvalue weighted by Gasteiger charge is -2.19. The number of nitrogen functional groups attached to an aromatic ring is 1. The molecule has 0 atom stereocenters. The van der Waals surface area contributed by atoms with Gasteiger partial charge in [0.25, 0.3) is 0 Å². The van der Waals surface area contributed by atoms with E-state index in [4.69, 9.17) is 10.9 Å². The first kappa shape index (κ1) is 14.1. The second-order valence-electron chi connectivity index (χ2n) is 4.22. The number of aliphatic hydroxyl groups excluding tert-OH is 1. The standard InChI is InChI=1S/C12H19N5OS/c1-2-17(5-3-6-18)8-10-14-11(16-13)9-4-7-19-12(9)15-10/h4,7,18H,2-3,5-6,8,13H2,1H3,(H,14,15,16). The fourth-order valence-corrected chi connectivity index (χ4v) is 2.71. The third kappa shape index (κ3) is 3.38. The summed E-state index contributed by atoms with van der Waals surface area (Å²) in [6.45, 7) is 4.69. The van der Waals surface area contributed by atoms with Crippen LogP contribution in [-0.2, 0) is 6.54 Å². The number of hydrogen-bond donors (Lipinski definition) is 3. The summed E-state index contributed by atoms with van der Waals surface area (Å²) < 4.78 is 0. The second-order valence-corrected chi connectivity index (χ2v) is 5.11. The number of aliphatic hydroxyl groups is 1. The molecule has 2 rings (SSSR count). The van der Waals surface area contributed by atoms with E-state index in [2.05, 4.69) is 27.2 Å². The number of thiophene rings is 1. The minimum atomic E-state index is 0.205. The summed E-state index contributed by atoms with van der Waals surface area (Å²) in [6.07, 6.45) is 0.761. The zero-order chi connectivity index (χ0) is 13.7. The Kier molecular flexibility index (Phi) is 5.03. The Bertz CT molecular complexity index is 530. The number of hydrazine groups is 1. The molecule has 0 bridgehead atoms. The summed E-state index contributed by atoms with van der Waals surface area (Å²) in [5.74, 6) is 6.92. The monoisotopic (exact) mass is 281 g/mol. The molecule has 0 aromatic carbocycles. The lowest BCUT2D eigenvalue weighted by atomic mass is 10.3. The molecule has 4 N–H and O–H groups in total. The highest BCUT2D eigenvalue weighted by Gasteiger charge is 2.10. The third-order valence-corrected chi connectivity index (χ3v) is 3.76. The van der Waals surface area contributed by atoms with Gasteiger partial charge < -0.3 is 10.5 Å². The largest absolute Gasteiger partial charge is 0.396 e. The van der Waals surface area contributed by atoms with Crippen molar-refractivity contribution in [3.63, 3.8) is 0 Å². The van der Waals surface area contributed by atoms with Crippen molar-refractivity contribution >= 4 is 27.4 Å². The van der Waals surface area contributed by atoms with E-state index in [-0.39, 0.29) is 6.61 Å². The molecule has 0 aliphatic heterocycles. The molecule has 0 aliphatic carbocycles. The van der Waals surface area contributed by atoms with Crippen molar-refractivity contribution in [1.82, 2.24) is 14.9 Å². The van der Waals surface area contributed by atoms with Gasteiger partial charge in [-0.05, 0) is 24.4 Å². The zero-order valence-electron chi connectivity index (χ0n) is 11.0. The quantitative estimate of drug-likeness (QED) is 0.522. The number of aromatic nitrogens is 2. The van der Waals surface area contributed by atoms with Crippen molar-refractivity contribution in [1.29, 1.82) is 0 Å². The predicted octanol–water partition coefficient (Wildman–Crippen LogP) is 1.18. The maximum Gasteiger partial charge on any atom is 0.152 e. The van der Waals surface area contributed by atoms with Crippen LogP contribution in [0.2, 0.25) is 0 Å². The Labute approximate surface area is 116 Å². The Morgan fingerprint density at radius 1 is 1.47 bits per heavy atom. The van der Waals surface area contributed by atoms with Crippen LogP contribution in [0.15, 0.2) is 11.4 Å². The predicted molar refractivity (Wildman–Crippen MR) is 77.9 cm³/mol. The SMILES string of the molecule is CCN(CCCO)Cc1nc(NN)c2ccsc2n1. The van der Waals surface area contributed by atoms with Gasteiger partial charge in [0.1, 0.15) is 10.7 Å². The second kappa shape index (κ2) is 6.76. The van der Waals surface area contributed by atoms with Crippen molar-refractivity contribution in [2.24, 2.45) is 5.84 Å². The maximum absolute atomic E-state index is 8.89. The van der Waals surface area contributed by atoms with Crippen LogP contribution in [0, 0.1) is 0 Å². The van der Waals surface area contributed by atoms with E-state index >= 15 is 0 Å². The average molecular weight is 281 g/mol. The summed E-state index contributed by atoms with van der Waals surface area (Å²) in [5.41, 5.74) is 2.63. The summed E-state index contributed by atoms with van der Waals surface area (Å²) in [7, 11) is 0. The molecule has 104 valence electrons. The molecular formula is C12H19N5OS. The van der Waals surface area contributed by atoms with Crippen LogP contribution in [0.4, 0.5) is 5.82 Å². The Morgan fingerprint density at radius 3 is 3.00 bits per heavy atom. The van der Waals surface area contributed by atoms with Gasteiger partial charge in [0.05, 0.1) is 11.9 Å². The van der Waals surface area contributed by atoms with Crippen molar-refractivity contribution in [2.75, 3.05) is 25.1 Å². The topological polar surface area (TPSA) is 87.3 Å². The van der Waals surface area contributed by atoms with Crippen LogP contribution in [0.25, 0.3) is 10.2 Å². The molecule has 0 aliphatic rings. The van der Waals surface area contributed by atoms with Crippen molar-refractivity contribution < 1.29 is 5.11 Å². The van der Waals surface area contributed by atoms with Crippen LogP contribution in [0.1, 0.15) is 19.2 Å². The van der Waals surface area contributed by atoms with Gasteiger partial charge in [-0.2, -0.15) is 0 Å². The number of nitrogens with zero attached hydrogens (tertiary/aromatic N) is 3. The van der Waals surface area contributed by atoms with Gasteiger partial charge in [-0.15, -0.1) is 11.3 Å². The Balaban J connectivity index is 2.19. The molecule has 0 saturated heterocycles. The first-order chi connectivity index (χ1) is 9.28. The highest BCUT2D eigenvalue weighted by molar-refractivity contribution is 7.16. The minimum Gasteiger partial charge on any atom is -0.396 e. The molecule has 2 heterocycles. The molecule has 6 nitrogen and oxygen atoms in total. The van der Waals surface area contributed by atoms with Gasteiger partial charge in [-0.1, -0.05) is 6.92 Å². The Morgan fingerprint density at radius 2 is 2.32 bits per heavy atom. The van der Waals surface area contributed by atoms with Crippen molar-refractivity contribution in [3.8, 4) is 0 Å². The normalized spacial score (nSPS) is 11.4. The smallest absolute Gasteiger partial charge is 0.152 e. The molecular weight excluding hydrogens is 262 g/mol. The molecule has 2 aromatic rings. The van der Waals surface area contributed by atoms with E-state index in [1.807, 2.05) is 11.4 Å². The van der Waals surface area contributed by atoms with E-state index in [0.717, 1.165) is 35.6 Å². The molecule has 0 radical (unpaired) electrons. The van der Waals surface area contributed by atoms with E-state index in [0.29, 0.717) is 12.4 Å². The van der Waals surface area contributed by atoms with Crippen LogP contribution >= 0.6 is 11.3 Å².